The van der Waals surface area contributed by atoms with Crippen molar-refractivity contribution in [3.05, 3.63) is 80.1 Å². The van der Waals surface area contributed by atoms with Crippen LogP contribution in [0.1, 0.15) is 5.56 Å². The van der Waals surface area contributed by atoms with E-state index in [1.54, 1.807) is 36.4 Å². The summed E-state index contributed by atoms with van der Waals surface area (Å²) in [6.45, 7) is 0. The summed E-state index contributed by atoms with van der Waals surface area (Å²) in [6, 6.07) is 14.2. The van der Waals surface area contributed by atoms with Crippen LogP contribution in [0.4, 0.5) is 5.69 Å². The van der Waals surface area contributed by atoms with Crippen molar-refractivity contribution < 1.29 is 4.79 Å². The third-order valence-corrected chi connectivity index (χ3v) is 4.20. The predicted molar refractivity (Wildman–Crippen MR) is 102 cm³/mol. The Bertz CT molecular complexity index is 971. The zero-order valence-corrected chi connectivity index (χ0v) is 15.3. The highest BCUT2D eigenvalue weighted by molar-refractivity contribution is 9.10. The summed E-state index contributed by atoms with van der Waals surface area (Å²) in [6.07, 6.45) is 1.36. The quantitative estimate of drug-likeness (QED) is 0.671. The molecule has 5 nitrogen and oxygen atoms in total. The van der Waals surface area contributed by atoms with Gasteiger partial charge in [0.25, 0.3) is 5.56 Å². The molecule has 0 radical (unpaired) electrons. The van der Waals surface area contributed by atoms with Gasteiger partial charge in [-0.05, 0) is 42.5 Å². The van der Waals surface area contributed by atoms with Crippen molar-refractivity contribution in [3.8, 4) is 11.4 Å². The van der Waals surface area contributed by atoms with E-state index in [0.717, 1.165) is 10.0 Å². The van der Waals surface area contributed by atoms with E-state index in [1.807, 2.05) is 12.1 Å². The number of benzene rings is 2. The summed E-state index contributed by atoms with van der Waals surface area (Å²) >= 11 is 9.19. The SMILES string of the molecule is O=C(Cc1cnc(-c2ccc(Cl)cc2)[nH]c1=O)Nc1cccc(Br)c1. The fourth-order valence-electron chi connectivity index (χ4n) is 2.25. The molecule has 2 aromatic carbocycles. The Morgan fingerprint density at radius 1 is 1.20 bits per heavy atom. The molecule has 1 heterocycles. The van der Waals surface area contributed by atoms with Crippen LogP contribution in [0, 0.1) is 0 Å². The van der Waals surface area contributed by atoms with Crippen molar-refractivity contribution >= 4 is 39.1 Å². The summed E-state index contributed by atoms with van der Waals surface area (Å²) in [5.74, 6) is 0.141. The Hall–Kier alpha value is -2.44. The number of carbonyl (C=O) groups is 1. The number of nitrogens with zero attached hydrogens (tertiary/aromatic N) is 1. The van der Waals surface area contributed by atoms with Crippen LogP contribution in [0.2, 0.25) is 5.02 Å². The topological polar surface area (TPSA) is 74.8 Å². The number of aromatic nitrogens is 2. The van der Waals surface area contributed by atoms with Crippen LogP contribution in [0.25, 0.3) is 11.4 Å². The molecule has 0 aliphatic heterocycles. The molecule has 3 aromatic rings. The fraction of sp³-hybridized carbons (Fsp3) is 0.0556. The van der Waals surface area contributed by atoms with E-state index in [0.29, 0.717) is 22.1 Å². The summed E-state index contributed by atoms with van der Waals surface area (Å²) in [5.41, 5.74) is 1.35. The largest absolute Gasteiger partial charge is 0.326 e. The van der Waals surface area contributed by atoms with Gasteiger partial charge < -0.3 is 10.3 Å². The highest BCUT2D eigenvalue weighted by Crippen LogP contribution is 2.17. The molecule has 126 valence electrons. The molecule has 25 heavy (non-hydrogen) atoms. The average molecular weight is 419 g/mol. The number of H-pyrrole nitrogens is 1. The second kappa shape index (κ2) is 7.63. The second-order valence-corrected chi connectivity index (χ2v) is 6.68. The predicted octanol–water partition coefficient (Wildman–Crippen LogP) is 4.03. The smallest absolute Gasteiger partial charge is 0.254 e. The van der Waals surface area contributed by atoms with Gasteiger partial charge in [-0.15, -0.1) is 0 Å². The van der Waals surface area contributed by atoms with Crippen molar-refractivity contribution in [2.45, 2.75) is 6.42 Å². The first-order valence-corrected chi connectivity index (χ1v) is 8.58. The molecule has 1 aromatic heterocycles. The summed E-state index contributed by atoms with van der Waals surface area (Å²) in [7, 11) is 0. The highest BCUT2D eigenvalue weighted by Gasteiger charge is 2.10. The lowest BCUT2D eigenvalue weighted by atomic mass is 10.2. The third-order valence-electron chi connectivity index (χ3n) is 3.45. The molecule has 0 unspecified atom stereocenters. The van der Waals surface area contributed by atoms with E-state index in [9.17, 15) is 9.59 Å². The molecule has 7 heteroatoms. The number of amides is 1. The van der Waals surface area contributed by atoms with Crippen molar-refractivity contribution in [2.75, 3.05) is 5.32 Å². The van der Waals surface area contributed by atoms with Crippen LogP contribution in [0.5, 0.6) is 0 Å². The van der Waals surface area contributed by atoms with Crippen LogP contribution < -0.4 is 10.9 Å². The molecule has 0 aliphatic rings. The Labute approximate surface area is 157 Å². The van der Waals surface area contributed by atoms with Crippen LogP contribution in [-0.2, 0) is 11.2 Å². The summed E-state index contributed by atoms with van der Waals surface area (Å²) < 4.78 is 0.858. The van der Waals surface area contributed by atoms with E-state index in [4.69, 9.17) is 11.6 Å². The third kappa shape index (κ3) is 4.55. The van der Waals surface area contributed by atoms with E-state index in [2.05, 4.69) is 31.2 Å². The van der Waals surface area contributed by atoms with Crippen molar-refractivity contribution in [1.82, 2.24) is 9.97 Å². The molecule has 0 spiro atoms. The molecular weight excluding hydrogens is 406 g/mol. The maximum absolute atomic E-state index is 12.2. The van der Waals surface area contributed by atoms with Gasteiger partial charge in [-0.1, -0.05) is 33.6 Å². The zero-order valence-electron chi connectivity index (χ0n) is 12.9. The van der Waals surface area contributed by atoms with Crippen LogP contribution in [0.15, 0.2) is 64.0 Å². The molecule has 2 N–H and O–H groups in total. The number of hydrogen-bond acceptors (Lipinski definition) is 3. The molecular formula is C18H13BrClN3O2. The Morgan fingerprint density at radius 3 is 2.64 bits per heavy atom. The summed E-state index contributed by atoms with van der Waals surface area (Å²) in [4.78, 5) is 31.2. The number of anilines is 1. The number of nitrogens with one attached hydrogen (secondary N) is 2. The lowest BCUT2D eigenvalue weighted by molar-refractivity contribution is -0.115. The monoisotopic (exact) mass is 417 g/mol. The Balaban J connectivity index is 1.74. The van der Waals surface area contributed by atoms with E-state index >= 15 is 0 Å². The summed E-state index contributed by atoms with van der Waals surface area (Å²) in [5, 5.41) is 3.35. The van der Waals surface area contributed by atoms with E-state index in [-0.39, 0.29) is 17.9 Å². The van der Waals surface area contributed by atoms with Gasteiger partial charge in [-0.2, -0.15) is 0 Å². The van der Waals surface area contributed by atoms with Gasteiger partial charge in [0.2, 0.25) is 5.91 Å². The lowest BCUT2D eigenvalue weighted by Gasteiger charge is -2.06. The maximum Gasteiger partial charge on any atom is 0.254 e. The van der Waals surface area contributed by atoms with Gasteiger partial charge in [0, 0.05) is 32.5 Å². The Morgan fingerprint density at radius 2 is 1.96 bits per heavy atom. The molecule has 0 aliphatic carbocycles. The number of halogens is 2. The first-order valence-electron chi connectivity index (χ1n) is 7.41. The molecule has 0 bridgehead atoms. The van der Waals surface area contributed by atoms with Gasteiger partial charge in [0.05, 0.1) is 6.42 Å². The minimum Gasteiger partial charge on any atom is -0.326 e. The van der Waals surface area contributed by atoms with Crippen LogP contribution in [-0.4, -0.2) is 15.9 Å². The molecule has 0 atom stereocenters. The van der Waals surface area contributed by atoms with Gasteiger partial charge in [-0.3, -0.25) is 9.59 Å². The fourth-order valence-corrected chi connectivity index (χ4v) is 2.77. The Kier molecular flexibility index (Phi) is 5.31. The minimum atomic E-state index is -0.343. The molecule has 0 saturated heterocycles. The highest BCUT2D eigenvalue weighted by atomic mass is 79.9. The molecule has 3 rings (SSSR count). The molecule has 0 fully saturated rings. The van der Waals surface area contributed by atoms with Gasteiger partial charge >= 0.3 is 0 Å². The number of rotatable bonds is 4. The first kappa shape index (κ1) is 17.4. The van der Waals surface area contributed by atoms with Gasteiger partial charge in [0.15, 0.2) is 0 Å². The second-order valence-electron chi connectivity index (χ2n) is 5.33. The van der Waals surface area contributed by atoms with E-state index in [1.165, 1.54) is 6.20 Å². The van der Waals surface area contributed by atoms with Gasteiger partial charge in [-0.25, -0.2) is 4.98 Å². The van der Waals surface area contributed by atoms with Crippen molar-refractivity contribution in [3.63, 3.8) is 0 Å². The van der Waals surface area contributed by atoms with Crippen LogP contribution >= 0.6 is 27.5 Å². The lowest BCUT2D eigenvalue weighted by Crippen LogP contribution is -2.22. The van der Waals surface area contributed by atoms with E-state index < -0.39 is 0 Å². The average Bonchev–Trinajstić information content (AvgIpc) is 2.57. The standard InChI is InChI=1S/C18H13BrClN3O2/c19-13-2-1-3-15(9-13)22-16(24)8-12-10-21-17(23-18(12)25)11-4-6-14(20)7-5-11/h1-7,9-10H,8H2,(H,22,24)(H,21,23,25). The normalized spacial score (nSPS) is 10.5. The zero-order chi connectivity index (χ0) is 17.8. The minimum absolute atomic E-state index is 0.0598. The molecule has 0 saturated carbocycles. The van der Waals surface area contributed by atoms with Crippen molar-refractivity contribution in [1.29, 1.82) is 0 Å². The van der Waals surface area contributed by atoms with Crippen LogP contribution in [0.3, 0.4) is 0 Å². The number of carbonyl (C=O) groups excluding carboxylic acids is 1. The number of hydrogen-bond donors (Lipinski definition) is 2. The van der Waals surface area contributed by atoms with Crippen molar-refractivity contribution in [2.24, 2.45) is 0 Å². The van der Waals surface area contributed by atoms with Gasteiger partial charge in [0.1, 0.15) is 5.82 Å². The maximum atomic E-state index is 12.2. The first-order chi connectivity index (χ1) is 12.0. The molecule has 1 amide bonds. The number of aromatic amines is 1.